The molecule has 1 heterocycles. The van der Waals surface area contributed by atoms with Crippen molar-refractivity contribution in [3.05, 3.63) is 0 Å². The lowest BCUT2D eigenvalue weighted by Crippen LogP contribution is -2.53. The zero-order valence-electron chi connectivity index (χ0n) is 9.97. The second-order valence-electron chi connectivity index (χ2n) is 3.92. The highest BCUT2D eigenvalue weighted by Crippen LogP contribution is 2.23. The van der Waals surface area contributed by atoms with Crippen LogP contribution in [0.15, 0.2) is 0 Å². The van der Waals surface area contributed by atoms with Gasteiger partial charge in [0.1, 0.15) is 6.10 Å². The minimum absolute atomic E-state index is 0.0660. The molecule has 0 spiro atoms. The second-order valence-corrected chi connectivity index (χ2v) is 5.26. The minimum Gasteiger partial charge on any atom is -0.373 e. The van der Waals surface area contributed by atoms with E-state index in [0.29, 0.717) is 6.42 Å². The number of ether oxygens (including phenoxy) is 1. The van der Waals surface area contributed by atoms with E-state index >= 15 is 0 Å². The number of nitrogens with one attached hydrogen (secondary N) is 1. The molecule has 4 atom stereocenters. The average molecular weight is 253 g/mol. The molecule has 2 unspecified atom stereocenters. The van der Waals surface area contributed by atoms with Gasteiger partial charge in [-0.15, -0.1) is 0 Å². The summed E-state index contributed by atoms with van der Waals surface area (Å²) < 4.78 is 37.2. The van der Waals surface area contributed by atoms with Gasteiger partial charge in [-0.1, -0.05) is 0 Å². The van der Waals surface area contributed by atoms with Gasteiger partial charge in [-0.3, -0.25) is 4.18 Å². The van der Waals surface area contributed by atoms with E-state index in [4.69, 9.17) is 8.92 Å². The molecule has 0 aromatic carbocycles. The Hall–Kier alpha value is -0.210. The second kappa shape index (κ2) is 5.42. The summed E-state index contributed by atoms with van der Waals surface area (Å²) in [5, 5.41) is 3.04. The van der Waals surface area contributed by atoms with Crippen LogP contribution in [0.5, 0.6) is 0 Å². The Balaban J connectivity index is 2.75. The van der Waals surface area contributed by atoms with E-state index in [1.807, 2.05) is 6.92 Å². The monoisotopic (exact) mass is 253 g/mol. The lowest BCUT2D eigenvalue weighted by Gasteiger charge is -2.38. The van der Waals surface area contributed by atoms with E-state index in [0.717, 1.165) is 7.11 Å². The summed E-state index contributed by atoms with van der Waals surface area (Å²) in [4.78, 5) is 0. The smallest absolute Gasteiger partial charge is 0.373 e. The summed E-state index contributed by atoms with van der Waals surface area (Å²) in [7, 11) is -1.09. The molecule has 96 valence electrons. The molecule has 1 N–H and O–H groups in total. The lowest BCUT2D eigenvalue weighted by atomic mass is 9.97. The van der Waals surface area contributed by atoms with Crippen LogP contribution >= 0.6 is 0 Å². The Labute approximate surface area is 96.6 Å². The summed E-state index contributed by atoms with van der Waals surface area (Å²) in [6.45, 7) is 3.73. The number of hydrogen-bond acceptors (Lipinski definition) is 6. The summed E-state index contributed by atoms with van der Waals surface area (Å²) in [6.07, 6.45) is -0.0834. The molecule has 0 amide bonds. The van der Waals surface area contributed by atoms with Gasteiger partial charge in [0, 0.05) is 6.04 Å². The Kier molecular flexibility index (Phi) is 4.69. The van der Waals surface area contributed by atoms with E-state index < -0.39 is 16.5 Å². The fourth-order valence-electron chi connectivity index (χ4n) is 1.92. The van der Waals surface area contributed by atoms with Gasteiger partial charge >= 0.3 is 10.4 Å². The fraction of sp³-hybridized carbons (Fsp3) is 1.00. The van der Waals surface area contributed by atoms with Crippen molar-refractivity contribution in [1.82, 2.24) is 5.32 Å². The van der Waals surface area contributed by atoms with Crippen molar-refractivity contribution in [3.8, 4) is 0 Å². The van der Waals surface area contributed by atoms with Crippen LogP contribution in [0.4, 0.5) is 0 Å². The third-order valence-electron chi connectivity index (χ3n) is 2.70. The van der Waals surface area contributed by atoms with Crippen molar-refractivity contribution in [3.63, 3.8) is 0 Å². The number of hydrogen-bond donors (Lipinski definition) is 1. The normalized spacial score (nSPS) is 36.2. The molecule has 6 nitrogen and oxygen atoms in total. The molecular weight excluding hydrogens is 234 g/mol. The van der Waals surface area contributed by atoms with Gasteiger partial charge in [-0.2, -0.15) is 8.42 Å². The molecule has 16 heavy (non-hydrogen) atoms. The van der Waals surface area contributed by atoms with Gasteiger partial charge in [0.2, 0.25) is 0 Å². The molecule has 0 aromatic rings. The van der Waals surface area contributed by atoms with Crippen molar-refractivity contribution in [1.29, 1.82) is 0 Å². The van der Waals surface area contributed by atoms with Gasteiger partial charge in [-0.25, -0.2) is 4.18 Å². The summed E-state index contributed by atoms with van der Waals surface area (Å²) in [5.74, 6) is 0. The van der Waals surface area contributed by atoms with Gasteiger partial charge in [0.25, 0.3) is 0 Å². The first-order valence-corrected chi connectivity index (χ1v) is 6.54. The maximum absolute atomic E-state index is 11.2. The molecule has 1 rings (SSSR count). The van der Waals surface area contributed by atoms with Crippen LogP contribution in [0.2, 0.25) is 0 Å². The lowest BCUT2D eigenvalue weighted by molar-refractivity contribution is -0.107. The first-order valence-electron chi connectivity index (χ1n) is 5.21. The molecule has 0 aromatic heterocycles. The van der Waals surface area contributed by atoms with E-state index in [1.165, 1.54) is 0 Å². The van der Waals surface area contributed by atoms with Crippen LogP contribution in [0.25, 0.3) is 0 Å². The van der Waals surface area contributed by atoms with Gasteiger partial charge in [0.05, 0.1) is 19.3 Å². The highest BCUT2D eigenvalue weighted by molar-refractivity contribution is 7.81. The predicted molar refractivity (Wildman–Crippen MR) is 58.3 cm³/mol. The van der Waals surface area contributed by atoms with Crippen molar-refractivity contribution < 1.29 is 21.5 Å². The zero-order valence-corrected chi connectivity index (χ0v) is 10.8. The summed E-state index contributed by atoms with van der Waals surface area (Å²) in [6, 6.07) is -0.0660. The van der Waals surface area contributed by atoms with Crippen molar-refractivity contribution in [2.75, 3.05) is 14.2 Å². The molecule has 0 radical (unpaired) electrons. The topological polar surface area (TPSA) is 73.9 Å². The van der Waals surface area contributed by atoms with Gasteiger partial charge < -0.3 is 10.1 Å². The highest BCUT2D eigenvalue weighted by atomic mass is 32.3. The van der Waals surface area contributed by atoms with Crippen LogP contribution in [0.3, 0.4) is 0 Å². The molecule has 0 bridgehead atoms. The molecule has 7 heteroatoms. The quantitative estimate of drug-likeness (QED) is 0.763. The Bertz CT molecular complexity index is 318. The number of likely N-dealkylation sites (N-methyl/N-ethyl adjacent to an activating group) is 1. The first kappa shape index (κ1) is 13.9. The standard InChI is InChI=1S/C9H19NO5S/c1-6-5-8(10-3)9(7(2)14-6)15-16(11,12)13-4/h6-10H,5H2,1-4H3/t6-,7-,8?,9?/m0/s1. The maximum Gasteiger partial charge on any atom is 0.400 e. The summed E-state index contributed by atoms with van der Waals surface area (Å²) >= 11 is 0. The maximum atomic E-state index is 11.2. The molecule has 0 aliphatic carbocycles. The SMILES string of the molecule is CNC1C[C@H](C)O[C@@H](C)C1OS(=O)(=O)OC. The highest BCUT2D eigenvalue weighted by Gasteiger charge is 2.38. The Morgan fingerprint density at radius 3 is 2.50 bits per heavy atom. The van der Waals surface area contributed by atoms with Crippen LogP contribution in [0.1, 0.15) is 20.3 Å². The number of rotatable bonds is 4. The Morgan fingerprint density at radius 2 is 2.00 bits per heavy atom. The van der Waals surface area contributed by atoms with E-state index in [2.05, 4.69) is 9.50 Å². The van der Waals surface area contributed by atoms with Crippen molar-refractivity contribution >= 4 is 10.4 Å². The molecule has 0 saturated carbocycles. The van der Waals surface area contributed by atoms with E-state index in [-0.39, 0.29) is 18.2 Å². The first-order chi connectivity index (χ1) is 7.39. The van der Waals surface area contributed by atoms with Crippen molar-refractivity contribution in [2.24, 2.45) is 0 Å². The third-order valence-corrected chi connectivity index (χ3v) is 3.56. The third kappa shape index (κ3) is 3.39. The molecular formula is C9H19NO5S. The van der Waals surface area contributed by atoms with Crippen LogP contribution in [-0.4, -0.2) is 46.9 Å². The zero-order chi connectivity index (χ0) is 12.3. The predicted octanol–water partition coefficient (Wildman–Crippen LogP) is 0.0481. The van der Waals surface area contributed by atoms with Gasteiger partial charge in [0.15, 0.2) is 0 Å². The molecule has 1 aliphatic heterocycles. The summed E-state index contributed by atoms with van der Waals surface area (Å²) in [5.41, 5.74) is 0. The fourth-order valence-corrected chi connectivity index (χ4v) is 2.56. The van der Waals surface area contributed by atoms with E-state index in [1.54, 1.807) is 14.0 Å². The minimum atomic E-state index is -3.93. The van der Waals surface area contributed by atoms with Crippen molar-refractivity contribution in [2.45, 2.75) is 44.6 Å². The van der Waals surface area contributed by atoms with Crippen LogP contribution in [-0.2, 0) is 23.5 Å². The van der Waals surface area contributed by atoms with Crippen LogP contribution < -0.4 is 5.32 Å². The largest absolute Gasteiger partial charge is 0.400 e. The molecule has 1 saturated heterocycles. The molecule has 1 aliphatic rings. The van der Waals surface area contributed by atoms with Gasteiger partial charge in [-0.05, 0) is 27.3 Å². The average Bonchev–Trinajstić information content (AvgIpc) is 2.21. The molecule has 1 fully saturated rings. The van der Waals surface area contributed by atoms with E-state index in [9.17, 15) is 8.42 Å². The Morgan fingerprint density at radius 1 is 1.38 bits per heavy atom. The van der Waals surface area contributed by atoms with Crippen LogP contribution in [0, 0.1) is 0 Å².